The number of rotatable bonds is 7. The van der Waals surface area contributed by atoms with Crippen LogP contribution in [0.3, 0.4) is 0 Å². The summed E-state index contributed by atoms with van der Waals surface area (Å²) >= 11 is 0. The monoisotopic (exact) mass is 460 g/mol. The van der Waals surface area contributed by atoms with E-state index < -0.39 is 0 Å². The van der Waals surface area contributed by atoms with Gasteiger partial charge in [0.2, 0.25) is 0 Å². The van der Waals surface area contributed by atoms with Crippen molar-refractivity contribution >= 4 is 11.8 Å². The molecule has 0 saturated carbocycles. The molecule has 0 radical (unpaired) electrons. The maximum atomic E-state index is 12.9. The first kappa shape index (κ1) is 22.7. The van der Waals surface area contributed by atoms with Gasteiger partial charge in [0.1, 0.15) is 12.7 Å². The number of amides is 2. The van der Waals surface area contributed by atoms with Crippen LogP contribution in [0.2, 0.25) is 0 Å². The fourth-order valence-corrected chi connectivity index (χ4v) is 3.58. The normalized spacial score (nSPS) is 10.8. The van der Waals surface area contributed by atoms with E-state index in [4.69, 9.17) is 0 Å². The molecule has 0 aliphatic carbocycles. The molecular weight excluding hydrogens is 436 g/mol. The second kappa shape index (κ2) is 9.57. The van der Waals surface area contributed by atoms with Crippen molar-refractivity contribution in [3.05, 3.63) is 71.3 Å². The van der Waals surface area contributed by atoms with Crippen LogP contribution in [0.1, 0.15) is 31.8 Å². The molecule has 0 spiro atoms. The molecule has 0 unspecified atom stereocenters. The molecule has 0 aliphatic rings. The number of carbonyl (C=O) groups excluding carboxylic acids is 2. The third-order valence-electron chi connectivity index (χ3n) is 5.54. The van der Waals surface area contributed by atoms with Gasteiger partial charge >= 0.3 is 0 Å². The molecule has 0 saturated heterocycles. The van der Waals surface area contributed by atoms with Gasteiger partial charge in [0.05, 0.1) is 11.4 Å². The van der Waals surface area contributed by atoms with Crippen molar-refractivity contribution in [1.29, 1.82) is 0 Å². The zero-order chi connectivity index (χ0) is 24.2. The molecular formula is C22H24N10O2. The van der Waals surface area contributed by atoms with Crippen LogP contribution in [0.4, 0.5) is 0 Å². The van der Waals surface area contributed by atoms with E-state index in [1.165, 1.54) is 12.7 Å². The Morgan fingerprint density at radius 1 is 0.735 bits per heavy atom. The number of tetrazole rings is 2. The molecule has 2 heterocycles. The van der Waals surface area contributed by atoms with E-state index in [0.717, 1.165) is 22.5 Å². The van der Waals surface area contributed by atoms with Crippen LogP contribution < -0.4 is 0 Å². The average molecular weight is 461 g/mol. The van der Waals surface area contributed by atoms with E-state index >= 15 is 0 Å². The number of likely N-dealkylation sites (N-methyl/N-ethyl adjacent to an activating group) is 2. The number of carbonyl (C=O) groups is 2. The summed E-state index contributed by atoms with van der Waals surface area (Å²) in [5.74, 6) is -0.261. The van der Waals surface area contributed by atoms with E-state index in [1.54, 1.807) is 57.5 Å². The number of hydrogen-bond acceptors (Lipinski definition) is 8. The predicted molar refractivity (Wildman–Crippen MR) is 122 cm³/mol. The lowest BCUT2D eigenvalue weighted by molar-refractivity contribution is 0.0718. The minimum atomic E-state index is -0.131. The Morgan fingerprint density at radius 3 is 1.47 bits per heavy atom. The number of hydrogen-bond donors (Lipinski definition) is 0. The molecule has 0 aliphatic heterocycles. The molecule has 0 N–H and O–H groups in total. The third kappa shape index (κ3) is 4.65. The van der Waals surface area contributed by atoms with Gasteiger partial charge in [0.15, 0.2) is 0 Å². The van der Waals surface area contributed by atoms with E-state index in [0.29, 0.717) is 24.2 Å². The molecule has 34 heavy (non-hydrogen) atoms. The highest BCUT2D eigenvalue weighted by atomic mass is 16.2. The Morgan fingerprint density at radius 2 is 1.15 bits per heavy atom. The molecule has 12 heteroatoms. The number of benzene rings is 2. The van der Waals surface area contributed by atoms with Crippen molar-refractivity contribution in [3.63, 3.8) is 0 Å². The van der Waals surface area contributed by atoms with Crippen molar-refractivity contribution in [1.82, 2.24) is 50.2 Å². The van der Waals surface area contributed by atoms with Crippen LogP contribution >= 0.6 is 0 Å². The smallest absolute Gasteiger partial charge is 0.253 e. The van der Waals surface area contributed by atoms with E-state index in [9.17, 15) is 9.59 Å². The lowest BCUT2D eigenvalue weighted by Crippen LogP contribution is -2.37. The summed E-state index contributed by atoms with van der Waals surface area (Å²) in [6, 6.07) is 10.7. The zero-order valence-electron chi connectivity index (χ0n) is 19.3. The van der Waals surface area contributed by atoms with Crippen LogP contribution in [-0.2, 0) is 0 Å². The van der Waals surface area contributed by atoms with Crippen LogP contribution in [0, 0.1) is 13.8 Å². The van der Waals surface area contributed by atoms with Crippen LogP contribution in [-0.4, -0.2) is 89.2 Å². The first-order valence-corrected chi connectivity index (χ1v) is 10.5. The van der Waals surface area contributed by atoms with Crippen LogP contribution in [0.15, 0.2) is 49.1 Å². The first-order chi connectivity index (χ1) is 16.3. The maximum Gasteiger partial charge on any atom is 0.253 e. The van der Waals surface area contributed by atoms with Crippen molar-refractivity contribution < 1.29 is 9.59 Å². The molecule has 4 aromatic rings. The summed E-state index contributed by atoms with van der Waals surface area (Å²) in [5, 5.41) is 22.3. The molecule has 12 nitrogen and oxygen atoms in total. The maximum absolute atomic E-state index is 12.9. The Balaban J connectivity index is 1.37. The summed E-state index contributed by atoms with van der Waals surface area (Å²) in [5.41, 5.74) is 4.46. The lowest BCUT2D eigenvalue weighted by Gasteiger charge is -2.23. The highest BCUT2D eigenvalue weighted by Crippen LogP contribution is 2.17. The Labute approximate surface area is 195 Å². The summed E-state index contributed by atoms with van der Waals surface area (Å²) < 4.78 is 3.09. The van der Waals surface area contributed by atoms with Gasteiger partial charge in [0.25, 0.3) is 11.8 Å². The number of aryl methyl sites for hydroxylation is 2. The van der Waals surface area contributed by atoms with Crippen LogP contribution in [0.5, 0.6) is 0 Å². The van der Waals surface area contributed by atoms with Crippen molar-refractivity contribution in [2.45, 2.75) is 13.8 Å². The summed E-state index contributed by atoms with van der Waals surface area (Å²) in [4.78, 5) is 29.0. The summed E-state index contributed by atoms with van der Waals surface area (Å²) in [6.07, 6.45) is 3.01. The average Bonchev–Trinajstić information content (AvgIpc) is 3.56. The third-order valence-corrected chi connectivity index (χ3v) is 5.54. The quantitative estimate of drug-likeness (QED) is 0.401. The highest BCUT2D eigenvalue weighted by molar-refractivity contribution is 5.95. The van der Waals surface area contributed by atoms with Crippen molar-refractivity contribution in [2.75, 3.05) is 27.2 Å². The van der Waals surface area contributed by atoms with Gasteiger partial charge in [-0.1, -0.05) is 0 Å². The fraction of sp³-hybridized carbons (Fsp3) is 0.273. The fourth-order valence-electron chi connectivity index (χ4n) is 3.58. The summed E-state index contributed by atoms with van der Waals surface area (Å²) in [6.45, 7) is 4.56. The van der Waals surface area contributed by atoms with E-state index in [2.05, 4.69) is 31.1 Å². The van der Waals surface area contributed by atoms with Crippen molar-refractivity contribution in [2.24, 2.45) is 0 Å². The van der Waals surface area contributed by atoms with Gasteiger partial charge in [-0.15, -0.1) is 10.2 Å². The van der Waals surface area contributed by atoms with Crippen LogP contribution in [0.25, 0.3) is 11.4 Å². The second-order valence-electron chi connectivity index (χ2n) is 7.96. The lowest BCUT2D eigenvalue weighted by atomic mass is 10.1. The molecule has 0 fully saturated rings. The predicted octanol–water partition coefficient (Wildman–Crippen LogP) is 1.10. The Bertz CT molecular complexity index is 1200. The number of aromatic nitrogens is 8. The van der Waals surface area contributed by atoms with Gasteiger partial charge in [0, 0.05) is 38.3 Å². The minimum absolute atomic E-state index is 0.131. The molecule has 0 atom stereocenters. The van der Waals surface area contributed by atoms with E-state index in [1.807, 2.05) is 26.0 Å². The molecule has 4 rings (SSSR count). The van der Waals surface area contributed by atoms with Gasteiger partial charge in [-0.25, -0.2) is 9.36 Å². The Kier molecular flexibility index (Phi) is 6.39. The molecule has 174 valence electrons. The molecule has 2 amide bonds. The molecule has 0 bridgehead atoms. The second-order valence-corrected chi connectivity index (χ2v) is 7.96. The summed E-state index contributed by atoms with van der Waals surface area (Å²) in [7, 11) is 3.44. The van der Waals surface area contributed by atoms with E-state index in [-0.39, 0.29) is 11.8 Å². The number of nitrogens with zero attached hydrogens (tertiary/aromatic N) is 10. The largest absolute Gasteiger partial charge is 0.340 e. The topological polar surface area (TPSA) is 128 Å². The molecule has 2 aromatic heterocycles. The first-order valence-electron chi connectivity index (χ1n) is 10.5. The zero-order valence-corrected chi connectivity index (χ0v) is 19.3. The standard InChI is InChI=1S/C22H24N10O2/c1-15-11-17(5-7-19(15)31-13-23-25-27-31)21(33)29(3)9-10-30(4)22(34)18-6-8-20(16(2)12-18)32-14-24-26-28-32/h5-8,11-14H,9-10H2,1-4H3. The van der Waals surface area contributed by atoms with Gasteiger partial charge in [-0.2, -0.15) is 0 Å². The molecule has 2 aromatic carbocycles. The van der Waals surface area contributed by atoms with Gasteiger partial charge in [-0.05, 0) is 82.2 Å². The Hall–Kier alpha value is -4.48. The van der Waals surface area contributed by atoms with Gasteiger partial charge in [-0.3, -0.25) is 9.59 Å². The van der Waals surface area contributed by atoms with Crippen molar-refractivity contribution in [3.8, 4) is 11.4 Å². The SMILES string of the molecule is Cc1cc(C(=O)N(C)CCN(C)C(=O)c2ccc(-n3cnnn3)c(C)c2)ccc1-n1cnnn1. The highest BCUT2D eigenvalue weighted by Gasteiger charge is 2.17. The van der Waals surface area contributed by atoms with Gasteiger partial charge < -0.3 is 9.80 Å². The minimum Gasteiger partial charge on any atom is -0.340 e.